The third kappa shape index (κ3) is 3.27. The molecule has 0 radical (unpaired) electrons. The number of rotatable bonds is 3. The zero-order valence-corrected chi connectivity index (χ0v) is 12.7. The van der Waals surface area contributed by atoms with Gasteiger partial charge in [-0.05, 0) is 37.3 Å². The van der Waals surface area contributed by atoms with Gasteiger partial charge in [0.2, 0.25) is 0 Å². The molecule has 1 atom stereocenters. The van der Waals surface area contributed by atoms with Gasteiger partial charge < -0.3 is 9.73 Å². The largest absolute Gasteiger partial charge is 0.459 e. The van der Waals surface area contributed by atoms with E-state index in [0.717, 1.165) is 17.5 Å². The van der Waals surface area contributed by atoms with Crippen molar-refractivity contribution in [1.29, 1.82) is 0 Å². The number of hydrogen-bond donors (Lipinski definition) is 1. The molecule has 0 aliphatic rings. The van der Waals surface area contributed by atoms with Crippen LogP contribution < -0.4 is 5.32 Å². The molecule has 24 heavy (non-hydrogen) atoms. The maximum Gasteiger partial charge on any atom is 0.416 e. The molecule has 0 fully saturated rings. The maximum atomic E-state index is 12.7. The van der Waals surface area contributed by atoms with Crippen LogP contribution in [-0.4, -0.2) is 5.91 Å². The third-order valence-corrected chi connectivity index (χ3v) is 3.67. The average molecular weight is 333 g/mol. The van der Waals surface area contributed by atoms with E-state index in [9.17, 15) is 18.0 Å². The first-order valence-electron chi connectivity index (χ1n) is 7.31. The molecular weight excluding hydrogens is 319 g/mol. The molecule has 124 valence electrons. The van der Waals surface area contributed by atoms with E-state index in [1.165, 1.54) is 12.1 Å². The fourth-order valence-electron chi connectivity index (χ4n) is 2.40. The van der Waals surface area contributed by atoms with Crippen molar-refractivity contribution < 1.29 is 22.4 Å². The molecule has 3 rings (SSSR count). The molecule has 2 aromatic carbocycles. The van der Waals surface area contributed by atoms with E-state index in [1.54, 1.807) is 19.1 Å². The van der Waals surface area contributed by atoms with Crippen molar-refractivity contribution in [3.05, 3.63) is 71.5 Å². The summed E-state index contributed by atoms with van der Waals surface area (Å²) in [5.74, 6) is -0.0504. The Hall–Kier alpha value is -2.76. The number of nitrogens with one attached hydrogen (secondary N) is 1. The van der Waals surface area contributed by atoms with Gasteiger partial charge in [-0.2, -0.15) is 13.2 Å². The summed E-state index contributed by atoms with van der Waals surface area (Å²) in [6.45, 7) is 1.71. The first-order valence-corrected chi connectivity index (χ1v) is 7.31. The minimum atomic E-state index is -4.49. The van der Waals surface area contributed by atoms with Crippen molar-refractivity contribution in [2.24, 2.45) is 0 Å². The summed E-state index contributed by atoms with van der Waals surface area (Å²) in [4.78, 5) is 12.2. The van der Waals surface area contributed by atoms with Crippen molar-refractivity contribution >= 4 is 16.9 Å². The fourth-order valence-corrected chi connectivity index (χ4v) is 2.40. The predicted octanol–water partition coefficient (Wildman–Crippen LogP) is 4.94. The monoisotopic (exact) mass is 333 g/mol. The zero-order valence-electron chi connectivity index (χ0n) is 12.7. The van der Waals surface area contributed by atoms with Gasteiger partial charge in [0.05, 0.1) is 11.6 Å². The first kappa shape index (κ1) is 16.1. The fraction of sp³-hybridized carbons (Fsp3) is 0.167. The highest BCUT2D eigenvalue weighted by molar-refractivity contribution is 5.94. The molecule has 3 nitrogen and oxygen atoms in total. The van der Waals surface area contributed by atoms with Crippen LogP contribution in [0.2, 0.25) is 0 Å². The number of para-hydroxylation sites is 1. The van der Waals surface area contributed by atoms with Crippen LogP contribution in [0.3, 0.4) is 0 Å². The number of carbonyl (C=O) groups excluding carboxylic acids is 1. The lowest BCUT2D eigenvalue weighted by molar-refractivity contribution is -0.137. The van der Waals surface area contributed by atoms with Crippen LogP contribution in [0.5, 0.6) is 0 Å². The quantitative estimate of drug-likeness (QED) is 0.737. The Kier molecular flexibility index (Phi) is 4.05. The van der Waals surface area contributed by atoms with Gasteiger partial charge >= 0.3 is 6.18 Å². The Morgan fingerprint density at radius 1 is 1.08 bits per heavy atom. The summed E-state index contributed by atoms with van der Waals surface area (Å²) in [6.07, 6.45) is -4.49. The van der Waals surface area contributed by atoms with E-state index >= 15 is 0 Å². The Labute approximate surface area is 136 Å². The molecular formula is C18H14F3NO2. The van der Waals surface area contributed by atoms with Crippen LogP contribution >= 0.6 is 0 Å². The molecule has 0 bridgehead atoms. The molecule has 0 spiro atoms. The Bertz CT molecular complexity index is 850. The predicted molar refractivity (Wildman–Crippen MR) is 83.5 cm³/mol. The van der Waals surface area contributed by atoms with Crippen molar-refractivity contribution in [3.8, 4) is 0 Å². The summed E-state index contributed by atoms with van der Waals surface area (Å²) in [6, 6.07) is 13.0. The number of benzene rings is 2. The highest BCUT2D eigenvalue weighted by atomic mass is 19.4. The molecule has 1 unspecified atom stereocenters. The molecule has 0 saturated carbocycles. The van der Waals surface area contributed by atoms with E-state index in [4.69, 9.17) is 4.42 Å². The van der Waals surface area contributed by atoms with E-state index in [-0.39, 0.29) is 5.56 Å². The summed E-state index contributed by atoms with van der Waals surface area (Å²) in [5.41, 5.74) is -0.216. The topological polar surface area (TPSA) is 42.2 Å². The summed E-state index contributed by atoms with van der Waals surface area (Å²) in [5, 5.41) is 3.55. The van der Waals surface area contributed by atoms with Gasteiger partial charge in [-0.1, -0.05) is 24.3 Å². The normalized spacial score (nSPS) is 13.0. The second kappa shape index (κ2) is 6.03. The zero-order chi connectivity index (χ0) is 17.3. The summed E-state index contributed by atoms with van der Waals surface area (Å²) >= 11 is 0. The molecule has 1 aromatic heterocycles. The second-order valence-electron chi connectivity index (χ2n) is 5.46. The van der Waals surface area contributed by atoms with Crippen molar-refractivity contribution in [2.75, 3.05) is 0 Å². The number of fused-ring (bicyclic) bond motifs is 1. The highest BCUT2D eigenvalue weighted by Crippen LogP contribution is 2.30. The Balaban J connectivity index is 1.79. The molecule has 3 aromatic rings. The molecule has 0 aliphatic heterocycles. The minimum absolute atomic E-state index is 0.0483. The number of carbonyl (C=O) groups is 1. The first-order chi connectivity index (χ1) is 11.3. The van der Waals surface area contributed by atoms with Gasteiger partial charge in [0.15, 0.2) is 0 Å². The number of alkyl halides is 3. The standard InChI is InChI=1S/C18H14F3NO2/c1-11(16-10-12-5-2-3-8-15(12)24-16)22-17(23)13-6-4-7-14(9-13)18(19,20)21/h2-11H,1H3,(H,22,23). The number of halogens is 3. The summed E-state index contributed by atoms with van der Waals surface area (Å²) < 4.78 is 43.8. The van der Waals surface area contributed by atoms with Gasteiger partial charge in [-0.25, -0.2) is 0 Å². The molecule has 6 heteroatoms. The van der Waals surface area contributed by atoms with Crippen LogP contribution in [-0.2, 0) is 6.18 Å². The van der Waals surface area contributed by atoms with Crippen molar-refractivity contribution in [2.45, 2.75) is 19.1 Å². The smallest absolute Gasteiger partial charge is 0.416 e. The van der Waals surface area contributed by atoms with Crippen LogP contribution in [0, 0.1) is 0 Å². The second-order valence-corrected chi connectivity index (χ2v) is 5.46. The van der Waals surface area contributed by atoms with E-state index in [1.807, 2.05) is 18.2 Å². The van der Waals surface area contributed by atoms with E-state index in [2.05, 4.69) is 5.32 Å². The number of hydrogen-bond acceptors (Lipinski definition) is 2. The van der Waals surface area contributed by atoms with Crippen molar-refractivity contribution in [1.82, 2.24) is 5.32 Å². The molecule has 0 saturated heterocycles. The van der Waals surface area contributed by atoms with Gasteiger partial charge in [0, 0.05) is 10.9 Å². The van der Waals surface area contributed by atoms with E-state index < -0.39 is 23.7 Å². The van der Waals surface area contributed by atoms with Crippen LogP contribution in [0.15, 0.2) is 59.0 Å². The molecule has 1 heterocycles. The lowest BCUT2D eigenvalue weighted by Gasteiger charge is -2.13. The van der Waals surface area contributed by atoms with Gasteiger partial charge in [-0.15, -0.1) is 0 Å². The van der Waals surface area contributed by atoms with E-state index in [0.29, 0.717) is 11.3 Å². The third-order valence-electron chi connectivity index (χ3n) is 3.67. The minimum Gasteiger partial charge on any atom is -0.459 e. The summed E-state index contributed by atoms with van der Waals surface area (Å²) in [7, 11) is 0. The molecule has 1 amide bonds. The Morgan fingerprint density at radius 3 is 2.54 bits per heavy atom. The van der Waals surface area contributed by atoms with Gasteiger partial charge in [-0.3, -0.25) is 4.79 Å². The SMILES string of the molecule is CC(NC(=O)c1cccc(C(F)(F)F)c1)c1cc2ccccc2o1. The van der Waals surface area contributed by atoms with Crippen LogP contribution in [0.1, 0.15) is 34.6 Å². The van der Waals surface area contributed by atoms with Crippen LogP contribution in [0.25, 0.3) is 11.0 Å². The number of amides is 1. The van der Waals surface area contributed by atoms with Gasteiger partial charge in [0.25, 0.3) is 5.91 Å². The molecule has 0 aliphatic carbocycles. The number of furan rings is 1. The lowest BCUT2D eigenvalue weighted by Crippen LogP contribution is -2.26. The van der Waals surface area contributed by atoms with Gasteiger partial charge in [0.1, 0.15) is 11.3 Å². The van der Waals surface area contributed by atoms with Crippen LogP contribution in [0.4, 0.5) is 13.2 Å². The lowest BCUT2D eigenvalue weighted by atomic mass is 10.1. The molecule has 1 N–H and O–H groups in total. The highest BCUT2D eigenvalue weighted by Gasteiger charge is 2.31. The average Bonchev–Trinajstić information content (AvgIpc) is 2.98. The maximum absolute atomic E-state index is 12.7. The van der Waals surface area contributed by atoms with Crippen molar-refractivity contribution in [3.63, 3.8) is 0 Å². The Morgan fingerprint density at radius 2 is 1.83 bits per heavy atom.